The molecule has 0 atom stereocenters. The lowest BCUT2D eigenvalue weighted by molar-refractivity contribution is 0.900. The van der Waals surface area contributed by atoms with Gasteiger partial charge in [-0.1, -0.05) is 0 Å². The van der Waals surface area contributed by atoms with E-state index in [0.29, 0.717) is 5.88 Å². The van der Waals surface area contributed by atoms with Gasteiger partial charge in [0, 0.05) is 29.2 Å². The number of nitrogens with zero attached hydrogens (tertiary/aromatic N) is 3. The average molecular weight is 290 g/mol. The molecule has 1 aromatic carbocycles. The summed E-state index contributed by atoms with van der Waals surface area (Å²) in [5, 5.41) is 3.13. The maximum Gasteiger partial charge on any atom is 0.123 e. The van der Waals surface area contributed by atoms with Crippen LogP contribution in [0.15, 0.2) is 36.0 Å². The first-order valence-electron chi connectivity index (χ1n) is 6.08. The van der Waals surface area contributed by atoms with Crippen molar-refractivity contribution in [2.75, 3.05) is 5.88 Å². The average Bonchev–Trinajstić information content (AvgIpc) is 2.93. The Morgan fingerprint density at radius 2 is 1.95 bits per heavy atom. The Hall–Kier alpha value is -1.52. The highest BCUT2D eigenvalue weighted by molar-refractivity contribution is 7.13. The van der Waals surface area contributed by atoms with Crippen molar-refractivity contribution in [3.63, 3.8) is 0 Å². The van der Waals surface area contributed by atoms with E-state index >= 15 is 0 Å². The lowest BCUT2D eigenvalue weighted by Crippen LogP contribution is -1.87. The first kappa shape index (κ1) is 12.5. The monoisotopic (exact) mass is 289 g/mol. The third-order valence-electron chi connectivity index (χ3n) is 2.83. The number of benzene rings is 1. The normalized spacial score (nSPS) is 11.0. The van der Waals surface area contributed by atoms with Gasteiger partial charge >= 0.3 is 0 Å². The van der Waals surface area contributed by atoms with Gasteiger partial charge in [0.15, 0.2) is 0 Å². The summed E-state index contributed by atoms with van der Waals surface area (Å²) in [5.41, 5.74) is 4.01. The largest absolute Gasteiger partial charge is 0.253 e. The molecule has 5 heteroatoms. The zero-order chi connectivity index (χ0) is 13.1. The number of halogens is 1. The van der Waals surface area contributed by atoms with Gasteiger partial charge in [-0.15, -0.1) is 22.9 Å². The standard InChI is InChI=1S/C14H12ClN3S/c15-5-1-2-11-9-19-14(18-11)10-3-4-12-13(8-10)17-7-6-16-12/h3-4,6-9H,1-2,5H2. The summed E-state index contributed by atoms with van der Waals surface area (Å²) < 4.78 is 0. The Morgan fingerprint density at radius 3 is 2.79 bits per heavy atom. The van der Waals surface area contributed by atoms with E-state index in [9.17, 15) is 0 Å². The molecule has 0 N–H and O–H groups in total. The fourth-order valence-corrected chi connectivity index (χ4v) is 2.88. The quantitative estimate of drug-likeness (QED) is 0.683. The molecule has 0 aliphatic carbocycles. The number of thiazole rings is 1. The molecule has 3 rings (SSSR count). The molecule has 0 bridgehead atoms. The number of aryl methyl sites for hydroxylation is 1. The molecule has 96 valence electrons. The van der Waals surface area contributed by atoms with Crippen LogP contribution >= 0.6 is 22.9 Å². The predicted molar refractivity (Wildman–Crippen MR) is 79.7 cm³/mol. The van der Waals surface area contributed by atoms with Crippen LogP contribution < -0.4 is 0 Å². The van der Waals surface area contributed by atoms with Crippen LogP contribution in [0, 0.1) is 0 Å². The van der Waals surface area contributed by atoms with Crippen LogP contribution in [-0.2, 0) is 6.42 Å². The minimum absolute atomic E-state index is 0.679. The molecule has 2 heterocycles. The SMILES string of the molecule is ClCCCc1csc(-c2ccc3nccnc3c2)n1. The van der Waals surface area contributed by atoms with Gasteiger partial charge in [0.25, 0.3) is 0 Å². The molecule has 0 fully saturated rings. The maximum absolute atomic E-state index is 5.70. The van der Waals surface area contributed by atoms with Crippen LogP contribution in [0.5, 0.6) is 0 Å². The van der Waals surface area contributed by atoms with E-state index in [1.807, 2.05) is 18.2 Å². The van der Waals surface area contributed by atoms with Gasteiger partial charge in [-0.2, -0.15) is 0 Å². The Kier molecular flexibility index (Phi) is 3.71. The van der Waals surface area contributed by atoms with E-state index in [4.69, 9.17) is 11.6 Å². The second-order valence-electron chi connectivity index (χ2n) is 4.20. The molecule has 0 radical (unpaired) electrons. The molecule has 0 spiro atoms. The minimum atomic E-state index is 0.679. The molecule has 0 saturated carbocycles. The minimum Gasteiger partial charge on any atom is -0.253 e. The summed E-state index contributed by atoms with van der Waals surface area (Å²) >= 11 is 7.36. The van der Waals surface area contributed by atoms with E-state index in [2.05, 4.69) is 20.3 Å². The Morgan fingerprint density at radius 1 is 1.11 bits per heavy atom. The van der Waals surface area contributed by atoms with Gasteiger partial charge < -0.3 is 0 Å². The molecule has 0 unspecified atom stereocenters. The summed E-state index contributed by atoms with van der Waals surface area (Å²) in [4.78, 5) is 13.2. The van der Waals surface area contributed by atoms with E-state index < -0.39 is 0 Å². The van der Waals surface area contributed by atoms with Crippen LogP contribution in [-0.4, -0.2) is 20.8 Å². The van der Waals surface area contributed by atoms with Crippen molar-refractivity contribution in [1.82, 2.24) is 15.0 Å². The van der Waals surface area contributed by atoms with Crippen molar-refractivity contribution in [3.8, 4) is 10.6 Å². The highest BCUT2D eigenvalue weighted by Gasteiger charge is 2.06. The van der Waals surface area contributed by atoms with E-state index in [1.54, 1.807) is 23.7 Å². The van der Waals surface area contributed by atoms with Crippen molar-refractivity contribution in [2.24, 2.45) is 0 Å². The first-order valence-corrected chi connectivity index (χ1v) is 7.50. The van der Waals surface area contributed by atoms with Gasteiger partial charge in [0.1, 0.15) is 5.01 Å². The van der Waals surface area contributed by atoms with Gasteiger partial charge in [-0.05, 0) is 31.0 Å². The highest BCUT2D eigenvalue weighted by Crippen LogP contribution is 2.26. The summed E-state index contributed by atoms with van der Waals surface area (Å²) in [5.74, 6) is 0.679. The second kappa shape index (κ2) is 5.63. The predicted octanol–water partition coefficient (Wildman–Crippen LogP) is 3.92. The van der Waals surface area contributed by atoms with Crippen LogP contribution in [0.1, 0.15) is 12.1 Å². The third kappa shape index (κ3) is 2.74. The third-order valence-corrected chi connectivity index (χ3v) is 4.04. The molecule has 3 aromatic rings. The van der Waals surface area contributed by atoms with E-state index in [0.717, 1.165) is 40.1 Å². The van der Waals surface area contributed by atoms with Crippen LogP contribution in [0.25, 0.3) is 21.6 Å². The number of fused-ring (bicyclic) bond motifs is 1. The molecule has 0 amide bonds. The molecule has 19 heavy (non-hydrogen) atoms. The van der Waals surface area contributed by atoms with Gasteiger partial charge in [-0.25, -0.2) is 4.98 Å². The molecule has 0 aliphatic heterocycles. The number of rotatable bonds is 4. The summed E-state index contributed by atoms with van der Waals surface area (Å²) in [6.45, 7) is 0. The number of hydrogen-bond acceptors (Lipinski definition) is 4. The molecule has 0 saturated heterocycles. The number of aromatic nitrogens is 3. The van der Waals surface area contributed by atoms with E-state index in [1.165, 1.54) is 0 Å². The van der Waals surface area contributed by atoms with Crippen molar-refractivity contribution >= 4 is 34.0 Å². The van der Waals surface area contributed by atoms with Crippen molar-refractivity contribution in [3.05, 3.63) is 41.7 Å². The molecule has 2 aromatic heterocycles. The summed E-state index contributed by atoms with van der Waals surface area (Å²) in [7, 11) is 0. The Bertz CT molecular complexity index is 696. The smallest absolute Gasteiger partial charge is 0.123 e. The zero-order valence-corrected chi connectivity index (χ0v) is 11.8. The second-order valence-corrected chi connectivity index (χ2v) is 5.43. The molecular weight excluding hydrogens is 278 g/mol. The van der Waals surface area contributed by atoms with Gasteiger partial charge in [0.2, 0.25) is 0 Å². The van der Waals surface area contributed by atoms with E-state index in [-0.39, 0.29) is 0 Å². The molecule has 0 aliphatic rings. The summed E-state index contributed by atoms with van der Waals surface area (Å²) in [6, 6.07) is 6.06. The topological polar surface area (TPSA) is 38.7 Å². The van der Waals surface area contributed by atoms with Crippen LogP contribution in [0.2, 0.25) is 0 Å². The highest BCUT2D eigenvalue weighted by atomic mass is 35.5. The van der Waals surface area contributed by atoms with Crippen molar-refractivity contribution in [1.29, 1.82) is 0 Å². The fraction of sp³-hybridized carbons (Fsp3) is 0.214. The van der Waals surface area contributed by atoms with Crippen LogP contribution in [0.3, 0.4) is 0 Å². The van der Waals surface area contributed by atoms with Gasteiger partial charge in [-0.3, -0.25) is 9.97 Å². The van der Waals surface area contributed by atoms with Gasteiger partial charge in [0.05, 0.1) is 16.7 Å². The van der Waals surface area contributed by atoms with Crippen molar-refractivity contribution < 1.29 is 0 Å². The maximum atomic E-state index is 5.70. The summed E-state index contributed by atoms with van der Waals surface area (Å²) in [6.07, 6.45) is 5.32. The molecule has 3 nitrogen and oxygen atoms in total. The lowest BCUT2D eigenvalue weighted by atomic mass is 10.2. The Balaban J connectivity index is 1.92. The Labute approximate surface area is 120 Å². The molecular formula is C14H12ClN3S. The number of hydrogen-bond donors (Lipinski definition) is 0. The first-order chi connectivity index (χ1) is 9.36. The van der Waals surface area contributed by atoms with Crippen LogP contribution in [0.4, 0.5) is 0 Å². The zero-order valence-electron chi connectivity index (χ0n) is 10.2. The number of alkyl halides is 1. The lowest BCUT2D eigenvalue weighted by Gasteiger charge is -1.99. The fourth-order valence-electron chi connectivity index (χ4n) is 1.90. The van der Waals surface area contributed by atoms with Crippen molar-refractivity contribution in [2.45, 2.75) is 12.8 Å².